The van der Waals surface area contributed by atoms with Gasteiger partial charge in [0.25, 0.3) is 0 Å². The summed E-state index contributed by atoms with van der Waals surface area (Å²) < 4.78 is 10.8. The Morgan fingerprint density at radius 1 is 1.20 bits per heavy atom. The van der Waals surface area contributed by atoms with Crippen LogP contribution in [0.4, 0.5) is 5.82 Å². The number of pyridine rings is 1. The van der Waals surface area contributed by atoms with Gasteiger partial charge in [-0.1, -0.05) is 12.1 Å². The Labute approximate surface area is 148 Å². The van der Waals surface area contributed by atoms with E-state index in [1.807, 2.05) is 30.3 Å². The molecule has 0 amide bonds. The fourth-order valence-corrected chi connectivity index (χ4v) is 3.01. The first-order chi connectivity index (χ1) is 12.3. The lowest BCUT2D eigenvalue weighted by Gasteiger charge is -2.17. The summed E-state index contributed by atoms with van der Waals surface area (Å²) in [4.78, 5) is 4.66. The molecule has 0 aliphatic heterocycles. The zero-order chi connectivity index (χ0) is 17.5. The Bertz CT molecular complexity index is 751. The van der Waals surface area contributed by atoms with Gasteiger partial charge in [0.1, 0.15) is 17.6 Å². The highest BCUT2D eigenvalue weighted by atomic mass is 16.5. The summed E-state index contributed by atoms with van der Waals surface area (Å²) >= 11 is 0. The van der Waals surface area contributed by atoms with Gasteiger partial charge < -0.3 is 14.8 Å². The van der Waals surface area contributed by atoms with E-state index in [2.05, 4.69) is 16.4 Å². The quantitative estimate of drug-likeness (QED) is 0.784. The maximum Gasteiger partial charge on any atom is 0.144 e. The molecule has 0 radical (unpaired) electrons. The number of fused-ring (bicyclic) bond motifs is 1. The lowest BCUT2D eigenvalue weighted by Crippen LogP contribution is -2.14. The molecule has 0 saturated heterocycles. The monoisotopic (exact) mass is 337 g/mol. The van der Waals surface area contributed by atoms with Crippen LogP contribution in [-0.4, -0.2) is 25.2 Å². The number of rotatable bonds is 7. The number of anilines is 1. The van der Waals surface area contributed by atoms with Gasteiger partial charge in [-0.15, -0.1) is 0 Å². The number of nitriles is 1. The van der Waals surface area contributed by atoms with E-state index >= 15 is 0 Å². The Balaban J connectivity index is 1.49. The number of methoxy groups -OCH3 is 1. The van der Waals surface area contributed by atoms with Crippen molar-refractivity contribution in [2.45, 2.75) is 32.3 Å². The molecule has 25 heavy (non-hydrogen) atoms. The van der Waals surface area contributed by atoms with E-state index in [0.717, 1.165) is 29.8 Å². The van der Waals surface area contributed by atoms with Gasteiger partial charge in [-0.25, -0.2) is 4.98 Å². The third-order valence-corrected chi connectivity index (χ3v) is 4.39. The molecule has 0 atom stereocenters. The first-order valence-corrected chi connectivity index (χ1v) is 8.67. The van der Waals surface area contributed by atoms with Gasteiger partial charge >= 0.3 is 0 Å². The zero-order valence-electron chi connectivity index (χ0n) is 14.5. The van der Waals surface area contributed by atoms with Gasteiger partial charge in [0, 0.05) is 12.2 Å². The highest BCUT2D eigenvalue weighted by Crippen LogP contribution is 2.24. The number of aryl methyl sites for hydroxylation is 2. The Morgan fingerprint density at radius 3 is 2.76 bits per heavy atom. The van der Waals surface area contributed by atoms with E-state index in [1.165, 1.54) is 18.4 Å². The van der Waals surface area contributed by atoms with Gasteiger partial charge in [-0.05, 0) is 55.0 Å². The molecule has 130 valence electrons. The molecule has 0 saturated carbocycles. The molecule has 3 rings (SSSR count). The molecular weight excluding hydrogens is 314 g/mol. The standard InChI is InChI=1S/C20H23N3O2/c1-24-18-8-6-15(7-9-18)14-25-11-10-22-20-17(13-21)12-16-4-2-3-5-19(16)23-20/h6-9,12H,2-5,10-11,14H2,1H3,(H,22,23). The van der Waals surface area contributed by atoms with Gasteiger partial charge in [0.05, 0.1) is 25.9 Å². The number of benzene rings is 1. The van der Waals surface area contributed by atoms with Gasteiger partial charge in [-0.3, -0.25) is 0 Å². The van der Waals surface area contributed by atoms with Crippen LogP contribution in [0.5, 0.6) is 5.75 Å². The fraction of sp³-hybridized carbons (Fsp3) is 0.400. The van der Waals surface area contributed by atoms with Crippen molar-refractivity contribution < 1.29 is 9.47 Å². The number of nitrogens with zero attached hydrogens (tertiary/aromatic N) is 2. The van der Waals surface area contributed by atoms with Crippen LogP contribution >= 0.6 is 0 Å². The van der Waals surface area contributed by atoms with E-state index in [-0.39, 0.29) is 0 Å². The van der Waals surface area contributed by atoms with Crippen molar-refractivity contribution in [1.29, 1.82) is 5.26 Å². The number of ether oxygens (including phenoxy) is 2. The fourth-order valence-electron chi connectivity index (χ4n) is 3.01. The summed E-state index contributed by atoms with van der Waals surface area (Å²) in [6.45, 7) is 1.72. The molecule has 1 aliphatic carbocycles. The first kappa shape index (κ1) is 17.2. The van der Waals surface area contributed by atoms with E-state index in [0.29, 0.717) is 31.1 Å². The topological polar surface area (TPSA) is 67.2 Å². The molecule has 0 bridgehead atoms. The van der Waals surface area contributed by atoms with E-state index in [1.54, 1.807) is 7.11 Å². The molecule has 0 fully saturated rings. The van der Waals surface area contributed by atoms with Crippen LogP contribution in [0.2, 0.25) is 0 Å². The Kier molecular flexibility index (Phi) is 5.86. The summed E-state index contributed by atoms with van der Waals surface area (Å²) in [5, 5.41) is 12.6. The lowest BCUT2D eigenvalue weighted by molar-refractivity contribution is 0.130. The Hall–Kier alpha value is -2.58. The molecule has 2 aromatic rings. The van der Waals surface area contributed by atoms with E-state index in [9.17, 15) is 5.26 Å². The summed E-state index contributed by atoms with van der Waals surface area (Å²) in [5.41, 5.74) is 4.08. The van der Waals surface area contributed by atoms with Crippen molar-refractivity contribution in [3.63, 3.8) is 0 Å². The summed E-state index contributed by atoms with van der Waals surface area (Å²) in [6.07, 6.45) is 4.40. The van der Waals surface area contributed by atoms with Gasteiger partial charge in [-0.2, -0.15) is 5.26 Å². The van der Waals surface area contributed by atoms with Crippen LogP contribution in [0.1, 0.15) is 35.2 Å². The van der Waals surface area contributed by atoms with Crippen LogP contribution in [0.25, 0.3) is 0 Å². The largest absolute Gasteiger partial charge is 0.497 e. The summed E-state index contributed by atoms with van der Waals surface area (Å²) in [5.74, 6) is 1.52. The van der Waals surface area contributed by atoms with E-state index < -0.39 is 0 Å². The molecule has 1 N–H and O–H groups in total. The average Bonchev–Trinajstić information content (AvgIpc) is 2.67. The highest BCUT2D eigenvalue weighted by Gasteiger charge is 2.14. The van der Waals surface area contributed by atoms with Crippen molar-refractivity contribution in [1.82, 2.24) is 4.98 Å². The first-order valence-electron chi connectivity index (χ1n) is 8.67. The Morgan fingerprint density at radius 2 is 2.00 bits per heavy atom. The molecule has 1 aliphatic rings. The SMILES string of the molecule is COc1ccc(COCCNc2nc3c(cc2C#N)CCCC3)cc1. The number of hydrogen-bond acceptors (Lipinski definition) is 5. The average molecular weight is 337 g/mol. The number of aromatic nitrogens is 1. The van der Waals surface area contributed by atoms with Crippen LogP contribution in [-0.2, 0) is 24.2 Å². The highest BCUT2D eigenvalue weighted by molar-refractivity contribution is 5.54. The van der Waals surface area contributed by atoms with Gasteiger partial charge in [0.15, 0.2) is 0 Å². The predicted octanol–water partition coefficient (Wildman–Crippen LogP) is 3.47. The van der Waals surface area contributed by atoms with Crippen molar-refractivity contribution in [2.75, 3.05) is 25.6 Å². The molecule has 0 spiro atoms. The molecule has 1 aromatic carbocycles. The third-order valence-electron chi connectivity index (χ3n) is 4.39. The van der Waals surface area contributed by atoms with Gasteiger partial charge in [0.2, 0.25) is 0 Å². The summed E-state index contributed by atoms with van der Waals surface area (Å²) in [6, 6.07) is 12.1. The minimum absolute atomic E-state index is 0.550. The molecule has 1 aromatic heterocycles. The van der Waals surface area contributed by atoms with Crippen molar-refractivity contribution in [2.24, 2.45) is 0 Å². The molecular formula is C20H23N3O2. The molecule has 5 nitrogen and oxygen atoms in total. The molecule has 5 heteroatoms. The van der Waals surface area contributed by atoms with Crippen molar-refractivity contribution in [3.8, 4) is 11.8 Å². The smallest absolute Gasteiger partial charge is 0.144 e. The maximum absolute atomic E-state index is 9.34. The number of nitrogens with one attached hydrogen (secondary N) is 1. The lowest BCUT2D eigenvalue weighted by atomic mass is 9.95. The van der Waals surface area contributed by atoms with E-state index in [4.69, 9.17) is 9.47 Å². The predicted molar refractivity (Wildman–Crippen MR) is 96.7 cm³/mol. The second-order valence-corrected chi connectivity index (χ2v) is 6.14. The minimum Gasteiger partial charge on any atom is -0.497 e. The maximum atomic E-state index is 9.34. The summed E-state index contributed by atoms with van der Waals surface area (Å²) in [7, 11) is 1.65. The van der Waals surface area contributed by atoms with Crippen LogP contribution < -0.4 is 10.1 Å². The zero-order valence-corrected chi connectivity index (χ0v) is 14.5. The second-order valence-electron chi connectivity index (χ2n) is 6.14. The van der Waals surface area contributed by atoms with Crippen LogP contribution in [0, 0.1) is 11.3 Å². The minimum atomic E-state index is 0.550. The molecule has 1 heterocycles. The van der Waals surface area contributed by atoms with Crippen LogP contribution in [0.3, 0.4) is 0 Å². The van der Waals surface area contributed by atoms with Crippen molar-refractivity contribution in [3.05, 3.63) is 52.7 Å². The van der Waals surface area contributed by atoms with Crippen molar-refractivity contribution >= 4 is 5.82 Å². The van der Waals surface area contributed by atoms with Crippen LogP contribution in [0.15, 0.2) is 30.3 Å². The molecule has 0 unspecified atom stereocenters. The number of hydrogen-bond donors (Lipinski definition) is 1. The third kappa shape index (κ3) is 4.49. The normalized spacial score (nSPS) is 13.0. The second kappa shape index (κ2) is 8.50.